The van der Waals surface area contributed by atoms with E-state index in [-0.39, 0.29) is 18.0 Å². The average Bonchev–Trinajstić information content (AvgIpc) is 3.50. The van der Waals surface area contributed by atoms with Crippen LogP contribution in [0.1, 0.15) is 30.1 Å². The fraction of sp³-hybridized carbons (Fsp3) is 0.333. The first-order valence-corrected chi connectivity index (χ1v) is 9.26. The summed E-state index contributed by atoms with van der Waals surface area (Å²) in [6.45, 7) is 2.60. The molecule has 3 amide bonds. The van der Waals surface area contributed by atoms with Crippen LogP contribution >= 0.6 is 0 Å². The molecule has 0 aromatic heterocycles. The number of benzene rings is 2. The van der Waals surface area contributed by atoms with E-state index in [1.807, 2.05) is 37.4 Å². The average molecular weight is 366 g/mol. The van der Waals surface area contributed by atoms with Crippen LogP contribution in [-0.2, 0) is 0 Å². The van der Waals surface area contributed by atoms with Crippen molar-refractivity contribution < 1.29 is 9.59 Å². The second kappa shape index (κ2) is 8.58. The maximum absolute atomic E-state index is 12.4. The van der Waals surface area contributed by atoms with Crippen molar-refractivity contribution in [3.8, 4) is 0 Å². The van der Waals surface area contributed by atoms with Crippen LogP contribution in [0.4, 0.5) is 16.2 Å². The summed E-state index contributed by atoms with van der Waals surface area (Å²) >= 11 is 0. The van der Waals surface area contributed by atoms with Gasteiger partial charge < -0.3 is 20.9 Å². The number of likely N-dealkylation sites (N-methyl/N-ethyl adjacent to an activating group) is 1. The number of carbonyl (C=O) groups excluding carboxylic acids is 2. The Morgan fingerprint density at radius 3 is 2.37 bits per heavy atom. The van der Waals surface area contributed by atoms with Crippen molar-refractivity contribution in [2.24, 2.45) is 0 Å². The highest BCUT2D eigenvalue weighted by molar-refractivity contribution is 5.95. The molecule has 142 valence electrons. The van der Waals surface area contributed by atoms with Crippen LogP contribution < -0.4 is 20.9 Å². The Balaban J connectivity index is 1.48. The summed E-state index contributed by atoms with van der Waals surface area (Å²) in [4.78, 5) is 26.2. The van der Waals surface area contributed by atoms with Gasteiger partial charge in [0.25, 0.3) is 5.91 Å². The van der Waals surface area contributed by atoms with Crippen molar-refractivity contribution >= 4 is 23.3 Å². The number of anilines is 2. The predicted molar refractivity (Wildman–Crippen MR) is 108 cm³/mol. The van der Waals surface area contributed by atoms with Crippen molar-refractivity contribution in [3.05, 3.63) is 60.2 Å². The molecule has 1 aliphatic rings. The molecule has 0 aliphatic heterocycles. The molecule has 2 aromatic rings. The molecule has 6 heteroatoms. The fourth-order valence-electron chi connectivity index (χ4n) is 2.68. The molecule has 27 heavy (non-hydrogen) atoms. The van der Waals surface area contributed by atoms with E-state index in [0.717, 1.165) is 18.5 Å². The number of amides is 3. The second-order valence-corrected chi connectivity index (χ2v) is 6.96. The number of urea groups is 1. The monoisotopic (exact) mass is 366 g/mol. The summed E-state index contributed by atoms with van der Waals surface area (Å²) in [6, 6.07) is 17.2. The normalized spacial score (nSPS) is 14.1. The van der Waals surface area contributed by atoms with Crippen LogP contribution in [0.5, 0.6) is 0 Å². The molecule has 0 bridgehead atoms. The summed E-state index contributed by atoms with van der Waals surface area (Å²) < 4.78 is 0. The molecule has 2 aromatic carbocycles. The van der Waals surface area contributed by atoms with Crippen LogP contribution in [-0.4, -0.2) is 37.6 Å². The van der Waals surface area contributed by atoms with Crippen molar-refractivity contribution in [2.45, 2.75) is 31.8 Å². The van der Waals surface area contributed by atoms with E-state index in [4.69, 9.17) is 0 Å². The maximum atomic E-state index is 12.4. The minimum absolute atomic E-state index is 0.128. The van der Waals surface area contributed by atoms with E-state index < -0.39 is 0 Å². The zero-order valence-electron chi connectivity index (χ0n) is 15.7. The lowest BCUT2D eigenvalue weighted by Crippen LogP contribution is -2.40. The Hall–Kier alpha value is -3.02. The van der Waals surface area contributed by atoms with Crippen molar-refractivity contribution in [3.63, 3.8) is 0 Å². The predicted octanol–water partition coefficient (Wildman–Crippen LogP) is 3.23. The third kappa shape index (κ3) is 5.48. The quantitative estimate of drug-likeness (QED) is 0.704. The van der Waals surface area contributed by atoms with E-state index in [9.17, 15) is 9.59 Å². The number of rotatable bonds is 7. The van der Waals surface area contributed by atoms with E-state index in [2.05, 4.69) is 27.8 Å². The van der Waals surface area contributed by atoms with Gasteiger partial charge in [-0.25, -0.2) is 4.79 Å². The van der Waals surface area contributed by atoms with Crippen molar-refractivity contribution in [2.75, 3.05) is 23.8 Å². The van der Waals surface area contributed by atoms with Crippen LogP contribution in [0.3, 0.4) is 0 Å². The van der Waals surface area contributed by atoms with Gasteiger partial charge in [-0.15, -0.1) is 0 Å². The Labute approximate surface area is 159 Å². The van der Waals surface area contributed by atoms with Gasteiger partial charge in [-0.2, -0.15) is 0 Å². The van der Waals surface area contributed by atoms with Crippen LogP contribution in [0, 0.1) is 0 Å². The number of nitrogens with zero attached hydrogens (tertiary/aromatic N) is 1. The van der Waals surface area contributed by atoms with E-state index in [1.165, 1.54) is 0 Å². The Morgan fingerprint density at radius 2 is 1.74 bits per heavy atom. The van der Waals surface area contributed by atoms with Gasteiger partial charge in [0.05, 0.1) is 0 Å². The van der Waals surface area contributed by atoms with E-state index in [1.54, 1.807) is 24.3 Å². The first kappa shape index (κ1) is 18.8. The van der Waals surface area contributed by atoms with Crippen LogP contribution in [0.25, 0.3) is 0 Å². The molecule has 1 aliphatic carbocycles. The molecule has 6 nitrogen and oxygen atoms in total. The molecule has 0 saturated heterocycles. The summed E-state index contributed by atoms with van der Waals surface area (Å²) in [5.74, 6) is -0.128. The van der Waals surface area contributed by atoms with Gasteiger partial charge in [-0.05, 0) is 56.2 Å². The van der Waals surface area contributed by atoms with Gasteiger partial charge in [0.2, 0.25) is 0 Å². The van der Waals surface area contributed by atoms with Crippen LogP contribution in [0.15, 0.2) is 54.6 Å². The molecule has 3 N–H and O–H groups in total. The smallest absolute Gasteiger partial charge is 0.319 e. The first-order chi connectivity index (χ1) is 13.0. The van der Waals surface area contributed by atoms with Crippen LogP contribution in [0.2, 0.25) is 0 Å². The molecular weight excluding hydrogens is 340 g/mol. The highest BCUT2D eigenvalue weighted by Crippen LogP contribution is 2.19. The first-order valence-electron chi connectivity index (χ1n) is 9.26. The largest absolute Gasteiger partial charge is 0.370 e. The van der Waals surface area contributed by atoms with E-state index >= 15 is 0 Å². The lowest BCUT2D eigenvalue weighted by molar-refractivity contribution is 0.0951. The highest BCUT2D eigenvalue weighted by atomic mass is 16.2. The van der Waals surface area contributed by atoms with Crippen molar-refractivity contribution in [1.29, 1.82) is 0 Å². The van der Waals surface area contributed by atoms with Gasteiger partial charge >= 0.3 is 6.03 Å². The Morgan fingerprint density at radius 1 is 1.07 bits per heavy atom. The zero-order valence-corrected chi connectivity index (χ0v) is 15.7. The molecule has 0 spiro atoms. The minimum atomic E-state index is -0.201. The van der Waals surface area contributed by atoms with Gasteiger partial charge in [0.15, 0.2) is 0 Å². The SMILES string of the molecule is C[C@@H](CNC(=O)c1ccc(NC(=O)NC2CC2)cc1)N(C)c1ccccc1. The molecule has 1 saturated carbocycles. The summed E-state index contributed by atoms with van der Waals surface area (Å²) in [7, 11) is 2.01. The Kier molecular flexibility index (Phi) is 5.96. The van der Waals surface area contributed by atoms with E-state index in [0.29, 0.717) is 23.8 Å². The summed E-state index contributed by atoms with van der Waals surface area (Å²) in [6.07, 6.45) is 2.09. The maximum Gasteiger partial charge on any atom is 0.319 e. The highest BCUT2D eigenvalue weighted by Gasteiger charge is 2.23. The zero-order chi connectivity index (χ0) is 19.2. The minimum Gasteiger partial charge on any atom is -0.370 e. The van der Waals surface area contributed by atoms with Gasteiger partial charge in [0, 0.05) is 42.6 Å². The molecule has 3 rings (SSSR count). The topological polar surface area (TPSA) is 73.5 Å². The summed E-state index contributed by atoms with van der Waals surface area (Å²) in [5, 5.41) is 8.60. The number of carbonyl (C=O) groups is 2. The van der Waals surface area contributed by atoms with Gasteiger partial charge in [0.1, 0.15) is 0 Å². The fourth-order valence-corrected chi connectivity index (χ4v) is 2.68. The molecule has 0 unspecified atom stereocenters. The number of nitrogens with one attached hydrogen (secondary N) is 3. The molecule has 1 atom stereocenters. The van der Waals surface area contributed by atoms with Gasteiger partial charge in [-0.3, -0.25) is 4.79 Å². The second-order valence-electron chi connectivity index (χ2n) is 6.96. The number of para-hydroxylation sites is 1. The Bertz CT molecular complexity index is 773. The summed E-state index contributed by atoms with van der Waals surface area (Å²) in [5.41, 5.74) is 2.35. The molecule has 1 fully saturated rings. The number of hydrogen-bond acceptors (Lipinski definition) is 3. The molecular formula is C21H26N4O2. The standard InChI is InChI=1S/C21H26N4O2/c1-15(25(2)19-6-4-3-5-7-19)14-22-20(26)16-8-10-17(11-9-16)23-21(27)24-18-12-13-18/h3-11,15,18H,12-14H2,1-2H3,(H,22,26)(H2,23,24,27)/t15-/m0/s1. The third-order valence-corrected chi connectivity index (χ3v) is 4.70. The molecule has 0 radical (unpaired) electrons. The number of hydrogen-bond donors (Lipinski definition) is 3. The lowest BCUT2D eigenvalue weighted by Gasteiger charge is -2.27. The third-order valence-electron chi connectivity index (χ3n) is 4.70. The molecule has 0 heterocycles. The lowest BCUT2D eigenvalue weighted by atomic mass is 10.2. The van der Waals surface area contributed by atoms with Crippen molar-refractivity contribution in [1.82, 2.24) is 10.6 Å². The van der Waals surface area contributed by atoms with Gasteiger partial charge in [-0.1, -0.05) is 18.2 Å².